The van der Waals surface area contributed by atoms with Crippen molar-refractivity contribution in [2.45, 2.75) is 46.1 Å². The summed E-state index contributed by atoms with van der Waals surface area (Å²) in [5.74, 6) is -0.886. The summed E-state index contributed by atoms with van der Waals surface area (Å²) in [5, 5.41) is 19.6. The molecular weight excluding hydrogens is 266 g/mol. The SMILES string of the molecule is CCCCc1cn(CCCO)c2c(C(=O)O)c(C)ccc12. The number of benzene rings is 1. The lowest BCUT2D eigenvalue weighted by Gasteiger charge is -2.09. The van der Waals surface area contributed by atoms with Gasteiger partial charge in [0.05, 0.1) is 11.1 Å². The van der Waals surface area contributed by atoms with Crippen molar-refractivity contribution in [3.63, 3.8) is 0 Å². The molecule has 114 valence electrons. The lowest BCUT2D eigenvalue weighted by atomic mass is 10.0. The van der Waals surface area contributed by atoms with E-state index in [0.717, 1.165) is 35.7 Å². The lowest BCUT2D eigenvalue weighted by molar-refractivity contribution is 0.0698. The number of hydrogen-bond donors (Lipinski definition) is 2. The highest BCUT2D eigenvalue weighted by Gasteiger charge is 2.18. The zero-order chi connectivity index (χ0) is 15.4. The van der Waals surface area contributed by atoms with Crippen molar-refractivity contribution in [1.82, 2.24) is 4.57 Å². The van der Waals surface area contributed by atoms with Gasteiger partial charge in [-0.2, -0.15) is 0 Å². The van der Waals surface area contributed by atoms with Gasteiger partial charge in [-0.25, -0.2) is 4.79 Å². The quantitative estimate of drug-likeness (QED) is 0.821. The van der Waals surface area contributed by atoms with Gasteiger partial charge in [-0.1, -0.05) is 25.5 Å². The first-order valence-electron chi connectivity index (χ1n) is 7.55. The highest BCUT2D eigenvalue weighted by atomic mass is 16.4. The number of unbranched alkanes of at least 4 members (excludes halogenated alkanes) is 1. The Balaban J connectivity index is 2.62. The number of aliphatic hydroxyl groups is 1. The number of fused-ring (bicyclic) bond motifs is 1. The van der Waals surface area contributed by atoms with E-state index < -0.39 is 5.97 Å². The summed E-state index contributed by atoms with van der Waals surface area (Å²) in [6.45, 7) is 4.73. The van der Waals surface area contributed by atoms with Crippen LogP contribution < -0.4 is 0 Å². The van der Waals surface area contributed by atoms with Gasteiger partial charge in [-0.15, -0.1) is 0 Å². The third-order valence-corrected chi connectivity index (χ3v) is 3.90. The average Bonchev–Trinajstić information content (AvgIpc) is 2.80. The molecule has 0 aliphatic rings. The molecule has 0 aliphatic heterocycles. The highest BCUT2D eigenvalue weighted by molar-refractivity contribution is 6.04. The van der Waals surface area contributed by atoms with E-state index >= 15 is 0 Å². The van der Waals surface area contributed by atoms with Crippen molar-refractivity contribution in [1.29, 1.82) is 0 Å². The molecule has 0 amide bonds. The maximum absolute atomic E-state index is 11.6. The van der Waals surface area contributed by atoms with E-state index in [1.807, 2.05) is 23.6 Å². The number of carbonyl (C=O) groups is 1. The molecule has 0 atom stereocenters. The largest absolute Gasteiger partial charge is 0.478 e. The van der Waals surface area contributed by atoms with Crippen molar-refractivity contribution in [3.05, 3.63) is 35.0 Å². The van der Waals surface area contributed by atoms with Crippen molar-refractivity contribution in [2.24, 2.45) is 0 Å². The van der Waals surface area contributed by atoms with Crippen LogP contribution in [0.1, 0.15) is 47.7 Å². The van der Waals surface area contributed by atoms with E-state index in [9.17, 15) is 9.90 Å². The predicted molar refractivity (Wildman–Crippen MR) is 83.9 cm³/mol. The highest BCUT2D eigenvalue weighted by Crippen LogP contribution is 2.28. The van der Waals surface area contributed by atoms with Crippen LogP contribution in [0.15, 0.2) is 18.3 Å². The van der Waals surface area contributed by atoms with E-state index in [2.05, 4.69) is 13.1 Å². The number of carboxylic acid groups (broad SMARTS) is 1. The molecular formula is C17H23NO3. The Morgan fingerprint density at radius 3 is 2.67 bits per heavy atom. The van der Waals surface area contributed by atoms with Crippen LogP contribution in [0.25, 0.3) is 10.9 Å². The fourth-order valence-corrected chi connectivity index (χ4v) is 2.83. The van der Waals surface area contributed by atoms with Gasteiger partial charge in [0, 0.05) is 24.7 Å². The second kappa shape index (κ2) is 6.76. The van der Waals surface area contributed by atoms with Crippen molar-refractivity contribution in [3.8, 4) is 0 Å². The van der Waals surface area contributed by atoms with Crippen molar-refractivity contribution < 1.29 is 15.0 Å². The second-order valence-electron chi connectivity index (χ2n) is 5.49. The molecule has 2 N–H and O–H groups in total. The van der Waals surface area contributed by atoms with Gasteiger partial charge in [0.2, 0.25) is 0 Å². The van der Waals surface area contributed by atoms with E-state index in [-0.39, 0.29) is 6.61 Å². The summed E-state index contributed by atoms with van der Waals surface area (Å²) in [6, 6.07) is 3.91. The van der Waals surface area contributed by atoms with E-state index in [1.54, 1.807) is 0 Å². The molecule has 4 heteroatoms. The van der Waals surface area contributed by atoms with Gasteiger partial charge in [0.25, 0.3) is 0 Å². The summed E-state index contributed by atoms with van der Waals surface area (Å²) in [4.78, 5) is 11.6. The topological polar surface area (TPSA) is 62.5 Å². The van der Waals surface area contributed by atoms with E-state index in [4.69, 9.17) is 5.11 Å². The van der Waals surface area contributed by atoms with Crippen LogP contribution in [0.4, 0.5) is 0 Å². The number of hydrogen-bond acceptors (Lipinski definition) is 2. The molecule has 0 spiro atoms. The molecule has 4 nitrogen and oxygen atoms in total. The van der Waals surface area contributed by atoms with Crippen molar-refractivity contribution >= 4 is 16.9 Å². The predicted octanol–water partition coefficient (Wildman–Crippen LogP) is 3.37. The number of rotatable bonds is 7. The van der Waals surface area contributed by atoms with Gasteiger partial charge < -0.3 is 14.8 Å². The number of aromatic nitrogens is 1. The molecule has 1 aromatic heterocycles. The normalized spacial score (nSPS) is 11.2. The summed E-state index contributed by atoms with van der Waals surface area (Å²) < 4.78 is 1.99. The molecule has 21 heavy (non-hydrogen) atoms. The Bertz CT molecular complexity index is 643. The molecule has 0 aliphatic carbocycles. The summed E-state index contributed by atoms with van der Waals surface area (Å²) in [7, 11) is 0. The third-order valence-electron chi connectivity index (χ3n) is 3.90. The Kier molecular flexibility index (Phi) is 5.02. The molecule has 2 aromatic rings. The number of aliphatic hydroxyl groups excluding tert-OH is 1. The Morgan fingerprint density at radius 1 is 1.29 bits per heavy atom. The maximum Gasteiger partial charge on any atom is 0.338 e. The van der Waals surface area contributed by atoms with Crippen LogP contribution in [0.5, 0.6) is 0 Å². The van der Waals surface area contributed by atoms with Gasteiger partial charge in [-0.3, -0.25) is 0 Å². The third kappa shape index (κ3) is 3.10. The summed E-state index contributed by atoms with van der Waals surface area (Å²) in [5.41, 5.74) is 3.16. The number of nitrogens with zero attached hydrogens (tertiary/aromatic N) is 1. The minimum atomic E-state index is -0.886. The van der Waals surface area contributed by atoms with Crippen LogP contribution in [0.2, 0.25) is 0 Å². The number of carboxylic acids is 1. The van der Waals surface area contributed by atoms with Gasteiger partial charge in [-0.05, 0) is 37.3 Å². The second-order valence-corrected chi connectivity index (χ2v) is 5.49. The molecule has 0 radical (unpaired) electrons. The molecule has 0 bridgehead atoms. The van der Waals surface area contributed by atoms with Crippen LogP contribution in [0, 0.1) is 6.92 Å². The minimum Gasteiger partial charge on any atom is -0.478 e. The van der Waals surface area contributed by atoms with E-state index in [0.29, 0.717) is 18.5 Å². The standard InChI is InChI=1S/C17H23NO3/c1-3-4-6-13-11-18(9-5-10-19)16-14(13)8-7-12(2)15(16)17(20)21/h7-8,11,19H,3-6,9-10H2,1-2H3,(H,20,21). The minimum absolute atomic E-state index is 0.109. The molecule has 1 aromatic carbocycles. The van der Waals surface area contributed by atoms with Crippen LogP contribution in [0.3, 0.4) is 0 Å². The molecule has 0 fully saturated rings. The fourth-order valence-electron chi connectivity index (χ4n) is 2.83. The zero-order valence-corrected chi connectivity index (χ0v) is 12.7. The summed E-state index contributed by atoms with van der Waals surface area (Å²) in [6.07, 6.45) is 5.85. The van der Waals surface area contributed by atoms with Gasteiger partial charge in [0.1, 0.15) is 0 Å². The zero-order valence-electron chi connectivity index (χ0n) is 12.7. The lowest BCUT2D eigenvalue weighted by Crippen LogP contribution is -2.06. The molecule has 0 unspecified atom stereocenters. The number of aromatic carboxylic acids is 1. The summed E-state index contributed by atoms with van der Waals surface area (Å²) >= 11 is 0. The molecule has 1 heterocycles. The van der Waals surface area contributed by atoms with Crippen LogP contribution in [-0.2, 0) is 13.0 Å². The Labute approximate surface area is 125 Å². The molecule has 0 saturated carbocycles. The van der Waals surface area contributed by atoms with E-state index in [1.165, 1.54) is 5.56 Å². The smallest absolute Gasteiger partial charge is 0.338 e. The molecule has 2 rings (SSSR count). The first-order chi connectivity index (χ1) is 10.1. The fraction of sp³-hybridized carbons (Fsp3) is 0.471. The first-order valence-corrected chi connectivity index (χ1v) is 7.55. The van der Waals surface area contributed by atoms with Gasteiger partial charge in [0.15, 0.2) is 0 Å². The Morgan fingerprint density at radius 2 is 2.05 bits per heavy atom. The molecule has 0 saturated heterocycles. The van der Waals surface area contributed by atoms with Crippen LogP contribution in [-0.4, -0.2) is 27.4 Å². The first kappa shape index (κ1) is 15.6. The number of aryl methyl sites for hydroxylation is 3. The average molecular weight is 289 g/mol. The monoisotopic (exact) mass is 289 g/mol. The van der Waals surface area contributed by atoms with Crippen LogP contribution >= 0.6 is 0 Å². The Hall–Kier alpha value is -1.81. The maximum atomic E-state index is 11.6. The van der Waals surface area contributed by atoms with Gasteiger partial charge >= 0.3 is 5.97 Å². The van der Waals surface area contributed by atoms with Crippen molar-refractivity contribution in [2.75, 3.05) is 6.61 Å².